The van der Waals surface area contributed by atoms with Crippen molar-refractivity contribution in [1.82, 2.24) is 0 Å². The van der Waals surface area contributed by atoms with Crippen LogP contribution in [0.15, 0.2) is 145 Å². The van der Waals surface area contributed by atoms with E-state index in [9.17, 15) is 0 Å². The summed E-state index contributed by atoms with van der Waals surface area (Å²) in [6.45, 7) is 41.4. The average Bonchev–Trinajstić information content (AvgIpc) is 2.10. The highest BCUT2D eigenvalue weighted by atomic mass is 15.3. The van der Waals surface area contributed by atoms with Gasteiger partial charge < -0.3 is 14.7 Å². The summed E-state index contributed by atoms with van der Waals surface area (Å²) in [5, 5.41) is 0. The predicted molar refractivity (Wildman–Crippen MR) is 341 cm³/mol. The Morgan fingerprint density at radius 1 is 0.468 bits per heavy atom. The Hall–Kier alpha value is -6.26. The molecular formula is C75H86BN3. The van der Waals surface area contributed by atoms with Crippen LogP contribution in [-0.4, -0.2) is 12.3 Å². The van der Waals surface area contributed by atoms with Gasteiger partial charge in [-0.1, -0.05) is 209 Å². The monoisotopic (exact) mass is 1040 g/mol. The molecule has 1 fully saturated rings. The lowest BCUT2D eigenvalue weighted by molar-refractivity contribution is 0.195. The molecule has 0 saturated heterocycles. The van der Waals surface area contributed by atoms with E-state index in [2.05, 4.69) is 272 Å². The minimum atomic E-state index is -0.345. The van der Waals surface area contributed by atoms with Crippen molar-refractivity contribution >= 4 is 62.9 Å². The number of anilines is 7. The van der Waals surface area contributed by atoms with E-state index >= 15 is 0 Å². The molecule has 6 aliphatic rings. The van der Waals surface area contributed by atoms with Crippen LogP contribution in [0.2, 0.25) is 0 Å². The smallest absolute Gasteiger partial charge is 0.252 e. The summed E-state index contributed by atoms with van der Waals surface area (Å²) < 4.78 is 0. The Balaban J connectivity index is 1.19. The third kappa shape index (κ3) is 7.57. The van der Waals surface area contributed by atoms with E-state index in [0.717, 1.165) is 12.8 Å². The molecule has 4 heteroatoms. The third-order valence-electron chi connectivity index (χ3n) is 21.1. The lowest BCUT2D eigenvalue weighted by Gasteiger charge is -2.53. The van der Waals surface area contributed by atoms with Crippen LogP contribution < -0.4 is 25.6 Å². The zero-order valence-electron chi connectivity index (χ0n) is 50.9. The van der Waals surface area contributed by atoms with Gasteiger partial charge in [0.2, 0.25) is 0 Å². The summed E-state index contributed by atoms with van der Waals surface area (Å²) in [4.78, 5) is 8.31. The maximum absolute atomic E-state index is 2.94. The molecule has 3 heterocycles. The van der Waals surface area contributed by atoms with Gasteiger partial charge in [-0.3, -0.25) is 0 Å². The summed E-state index contributed by atoms with van der Waals surface area (Å²) >= 11 is 0. The van der Waals surface area contributed by atoms with Crippen LogP contribution in [0.4, 0.5) is 39.8 Å². The quantitative estimate of drug-likeness (QED) is 0.159. The van der Waals surface area contributed by atoms with Crippen molar-refractivity contribution < 1.29 is 0 Å². The number of fused-ring (bicyclic) bond motifs is 9. The van der Waals surface area contributed by atoms with Crippen molar-refractivity contribution in [3.8, 4) is 11.1 Å². The number of nitrogens with zero attached hydrogens (tertiary/aromatic N) is 3. The Morgan fingerprint density at radius 3 is 1.54 bits per heavy atom. The summed E-state index contributed by atoms with van der Waals surface area (Å²) in [6.07, 6.45) is 7.12. The van der Waals surface area contributed by atoms with Crippen LogP contribution in [0.25, 0.3) is 16.6 Å². The van der Waals surface area contributed by atoms with Gasteiger partial charge in [-0.15, -0.1) is 0 Å². The zero-order chi connectivity index (χ0) is 55.9. The van der Waals surface area contributed by atoms with Crippen LogP contribution in [0.3, 0.4) is 0 Å². The summed E-state index contributed by atoms with van der Waals surface area (Å²) in [5.41, 5.74) is 28.5. The first kappa shape index (κ1) is 52.1. The second-order valence-corrected chi connectivity index (χ2v) is 30.5. The van der Waals surface area contributed by atoms with Gasteiger partial charge in [0, 0.05) is 50.7 Å². The molecule has 3 aliphatic heterocycles. The highest BCUT2D eigenvalue weighted by Crippen LogP contribution is 2.65. The average molecular weight is 1040 g/mol. The number of hydrogen-bond donors (Lipinski definition) is 0. The third-order valence-corrected chi connectivity index (χ3v) is 21.1. The van der Waals surface area contributed by atoms with Gasteiger partial charge in [0.1, 0.15) is 0 Å². The number of benzene rings is 7. The molecule has 0 bridgehead atoms. The minimum absolute atomic E-state index is 0.0101. The first-order valence-corrected chi connectivity index (χ1v) is 30.1. The van der Waals surface area contributed by atoms with Gasteiger partial charge in [-0.25, -0.2) is 0 Å². The molecule has 404 valence electrons. The fourth-order valence-corrected chi connectivity index (χ4v) is 15.9. The molecule has 3 nitrogen and oxygen atoms in total. The van der Waals surface area contributed by atoms with E-state index in [0.29, 0.717) is 0 Å². The maximum atomic E-state index is 2.94. The Bertz CT molecular complexity index is 3610. The SMILES string of the molecule is CC(C)(C)c1ccc(N2C3=C(B4c5cc(-c6ccccc6)cc6c5N(c5cc(N(c7ccc(C(C)(C)C)cc7)c7ccc(C(C)(C)C)cc7)cc2c54)C2(C)CCCCC62C)c2cc4c(cc2C3(C)C)C(C)(C)CCC4(C)C)cc1. The molecule has 7 aromatic rings. The van der Waals surface area contributed by atoms with Crippen molar-refractivity contribution in [2.45, 2.75) is 200 Å². The summed E-state index contributed by atoms with van der Waals surface area (Å²) in [7, 11) is 0. The van der Waals surface area contributed by atoms with Crippen LogP contribution in [0.1, 0.15) is 201 Å². The highest BCUT2D eigenvalue weighted by molar-refractivity contribution is 7.03. The largest absolute Gasteiger partial charge is 0.335 e. The van der Waals surface area contributed by atoms with Gasteiger partial charge in [0.15, 0.2) is 0 Å². The lowest BCUT2D eigenvalue weighted by Crippen LogP contribution is -2.61. The molecule has 0 radical (unpaired) electrons. The van der Waals surface area contributed by atoms with Crippen LogP contribution in [0.5, 0.6) is 0 Å². The predicted octanol–water partition coefficient (Wildman–Crippen LogP) is 19.1. The fraction of sp³-hybridized carbons (Fsp3) is 0.413. The van der Waals surface area contributed by atoms with E-state index in [1.807, 2.05) is 0 Å². The molecule has 79 heavy (non-hydrogen) atoms. The molecule has 0 amide bonds. The molecule has 0 aromatic heterocycles. The Kier molecular flexibility index (Phi) is 11.2. The van der Waals surface area contributed by atoms with Crippen molar-refractivity contribution in [3.63, 3.8) is 0 Å². The lowest BCUT2D eigenvalue weighted by atomic mass is 9.32. The van der Waals surface area contributed by atoms with E-state index in [1.54, 1.807) is 0 Å². The second-order valence-electron chi connectivity index (χ2n) is 30.5. The minimum Gasteiger partial charge on any atom is -0.335 e. The standard InChI is InChI=1S/C75H86BN3/c1-68(2,3)49-25-31-52(32-26-49)77(53-33-27-50(28-34-53)69(4,5)6)55-43-62-65-63(44-55)79-66-60(74(16)37-21-22-38-75(74,79)17)41-48(47-23-19-18-20-24-47)42-61(66)76(65)64-56-45-58-59(72(12,13)40-39-71(58,10)11)46-57(56)73(14,15)67(64)78(62)54-35-29-51(30-36-54)70(7,8)9/h18-20,23-36,41-46H,21-22,37-40H2,1-17H3. The molecule has 0 spiro atoms. The van der Waals surface area contributed by atoms with Gasteiger partial charge in [0.05, 0.1) is 11.2 Å². The molecule has 1 saturated carbocycles. The van der Waals surface area contributed by atoms with Crippen LogP contribution >= 0.6 is 0 Å². The fourth-order valence-electron chi connectivity index (χ4n) is 15.9. The highest BCUT2D eigenvalue weighted by Gasteiger charge is 2.63. The van der Waals surface area contributed by atoms with Crippen molar-refractivity contribution in [2.75, 3.05) is 14.7 Å². The molecule has 2 unspecified atom stereocenters. The second kappa shape index (κ2) is 16.9. The van der Waals surface area contributed by atoms with E-state index in [1.165, 1.54) is 143 Å². The van der Waals surface area contributed by atoms with Crippen molar-refractivity contribution in [3.05, 3.63) is 190 Å². The van der Waals surface area contributed by atoms with Gasteiger partial charge in [-0.2, -0.15) is 0 Å². The van der Waals surface area contributed by atoms with Crippen molar-refractivity contribution in [2.24, 2.45) is 0 Å². The normalized spacial score (nSPS) is 22.0. The van der Waals surface area contributed by atoms with Gasteiger partial charge >= 0.3 is 0 Å². The molecule has 2 atom stereocenters. The van der Waals surface area contributed by atoms with Crippen molar-refractivity contribution in [1.29, 1.82) is 0 Å². The zero-order valence-corrected chi connectivity index (χ0v) is 50.9. The molecule has 13 rings (SSSR count). The van der Waals surface area contributed by atoms with E-state index in [4.69, 9.17) is 0 Å². The Morgan fingerprint density at radius 2 is 0.987 bits per heavy atom. The number of hydrogen-bond acceptors (Lipinski definition) is 3. The number of allylic oxidation sites excluding steroid dienone is 1. The maximum Gasteiger partial charge on any atom is 0.252 e. The molecule has 0 N–H and O–H groups in total. The summed E-state index contributed by atoms with van der Waals surface area (Å²) in [6, 6.07) is 56.0. The van der Waals surface area contributed by atoms with Crippen LogP contribution in [-0.2, 0) is 37.9 Å². The molecule has 3 aliphatic carbocycles. The first-order chi connectivity index (χ1) is 37.0. The van der Waals surface area contributed by atoms with Gasteiger partial charge in [0.25, 0.3) is 6.71 Å². The first-order valence-electron chi connectivity index (χ1n) is 30.1. The molecule has 7 aromatic carbocycles. The van der Waals surface area contributed by atoms with Gasteiger partial charge in [-0.05, 0) is 186 Å². The summed E-state index contributed by atoms with van der Waals surface area (Å²) in [5.74, 6) is 0. The number of rotatable bonds is 5. The topological polar surface area (TPSA) is 9.72 Å². The van der Waals surface area contributed by atoms with E-state index < -0.39 is 0 Å². The Labute approximate surface area is 475 Å². The van der Waals surface area contributed by atoms with E-state index in [-0.39, 0.29) is 50.2 Å². The van der Waals surface area contributed by atoms with Crippen LogP contribution in [0, 0.1) is 0 Å². The molecular weight excluding hydrogens is 954 g/mol.